The highest BCUT2D eigenvalue weighted by Crippen LogP contribution is 2.32. The molecule has 0 radical (unpaired) electrons. The van der Waals surface area contributed by atoms with Crippen molar-refractivity contribution in [3.63, 3.8) is 0 Å². The lowest BCUT2D eigenvalue weighted by atomic mass is 10.2. The van der Waals surface area contributed by atoms with Crippen LogP contribution in [0.3, 0.4) is 0 Å². The average molecular weight is 264 g/mol. The summed E-state index contributed by atoms with van der Waals surface area (Å²) in [5.74, 6) is -0.135. The molecule has 6 heteroatoms. The molecule has 0 fully saturated rings. The molecule has 1 heterocycles. The standard InChI is InChI=1S/C12H9FN2O2S/c1-16-7-17-11-10(6-14)18-12(15-11)8-3-2-4-9(13)5-8/h2-5H,7H2,1H3. The Hall–Kier alpha value is -1.97. The van der Waals surface area contributed by atoms with Gasteiger partial charge in [0.1, 0.15) is 16.9 Å². The Morgan fingerprint density at radius 1 is 1.50 bits per heavy atom. The van der Waals surface area contributed by atoms with E-state index in [9.17, 15) is 4.39 Å². The highest BCUT2D eigenvalue weighted by atomic mass is 32.1. The van der Waals surface area contributed by atoms with Gasteiger partial charge < -0.3 is 9.47 Å². The first-order valence-electron chi connectivity index (χ1n) is 5.03. The van der Waals surface area contributed by atoms with Crippen molar-refractivity contribution in [3.05, 3.63) is 35.0 Å². The van der Waals surface area contributed by atoms with Crippen molar-refractivity contribution >= 4 is 11.3 Å². The molecule has 0 spiro atoms. The molecule has 0 saturated heterocycles. The second-order valence-electron chi connectivity index (χ2n) is 3.33. The third-order valence-corrected chi connectivity index (χ3v) is 3.07. The zero-order valence-corrected chi connectivity index (χ0v) is 10.3. The van der Waals surface area contributed by atoms with Gasteiger partial charge in [0.2, 0.25) is 5.88 Å². The molecule has 0 amide bonds. The number of hydrogen-bond acceptors (Lipinski definition) is 5. The fourth-order valence-electron chi connectivity index (χ4n) is 1.33. The summed E-state index contributed by atoms with van der Waals surface area (Å²) in [5.41, 5.74) is 0.615. The van der Waals surface area contributed by atoms with E-state index in [0.29, 0.717) is 15.4 Å². The molecule has 1 aromatic heterocycles. The van der Waals surface area contributed by atoms with Crippen LogP contribution in [-0.2, 0) is 4.74 Å². The molecule has 2 rings (SSSR count). The van der Waals surface area contributed by atoms with E-state index in [1.807, 2.05) is 6.07 Å². The third kappa shape index (κ3) is 2.64. The van der Waals surface area contributed by atoms with Crippen LogP contribution in [0.15, 0.2) is 24.3 Å². The topological polar surface area (TPSA) is 55.1 Å². The molecular formula is C12H9FN2O2S. The van der Waals surface area contributed by atoms with Crippen LogP contribution in [0.5, 0.6) is 5.88 Å². The SMILES string of the molecule is COCOc1nc(-c2cccc(F)c2)sc1C#N. The van der Waals surface area contributed by atoms with E-state index >= 15 is 0 Å². The largest absolute Gasteiger partial charge is 0.449 e. The van der Waals surface area contributed by atoms with Crippen LogP contribution >= 0.6 is 11.3 Å². The Kier molecular flexibility index (Phi) is 3.87. The van der Waals surface area contributed by atoms with Gasteiger partial charge in [0, 0.05) is 12.7 Å². The molecule has 1 aromatic carbocycles. The lowest BCUT2D eigenvalue weighted by Crippen LogP contribution is -2.00. The van der Waals surface area contributed by atoms with E-state index in [2.05, 4.69) is 4.98 Å². The van der Waals surface area contributed by atoms with E-state index in [1.54, 1.807) is 12.1 Å². The maximum absolute atomic E-state index is 13.1. The molecule has 92 valence electrons. The van der Waals surface area contributed by atoms with Gasteiger partial charge in [-0.15, -0.1) is 0 Å². The summed E-state index contributed by atoms with van der Waals surface area (Å²) in [5, 5.41) is 9.50. The Labute approximate surface area is 107 Å². The average Bonchev–Trinajstić information content (AvgIpc) is 2.79. The Morgan fingerprint density at radius 2 is 2.33 bits per heavy atom. The maximum Gasteiger partial charge on any atom is 0.245 e. The number of hydrogen-bond donors (Lipinski definition) is 0. The summed E-state index contributed by atoms with van der Waals surface area (Å²) in [6.45, 7) is 0.0149. The molecule has 0 N–H and O–H groups in total. The molecule has 0 unspecified atom stereocenters. The maximum atomic E-state index is 13.1. The number of halogens is 1. The number of nitriles is 1. The lowest BCUT2D eigenvalue weighted by molar-refractivity contribution is 0.0481. The van der Waals surface area contributed by atoms with Gasteiger partial charge >= 0.3 is 0 Å². The number of methoxy groups -OCH3 is 1. The summed E-state index contributed by atoms with van der Waals surface area (Å²) < 4.78 is 23.0. The van der Waals surface area contributed by atoms with E-state index < -0.39 is 0 Å². The van der Waals surface area contributed by atoms with Crippen LogP contribution in [0.25, 0.3) is 10.6 Å². The second kappa shape index (κ2) is 5.58. The van der Waals surface area contributed by atoms with Crippen molar-refractivity contribution in [1.29, 1.82) is 5.26 Å². The predicted octanol–water partition coefficient (Wildman–Crippen LogP) is 2.80. The predicted molar refractivity (Wildman–Crippen MR) is 64.7 cm³/mol. The number of nitrogens with zero attached hydrogens (tertiary/aromatic N) is 2. The van der Waals surface area contributed by atoms with E-state index in [4.69, 9.17) is 14.7 Å². The van der Waals surface area contributed by atoms with Gasteiger partial charge in [-0.3, -0.25) is 0 Å². The van der Waals surface area contributed by atoms with E-state index in [1.165, 1.54) is 19.2 Å². The summed E-state index contributed by atoms with van der Waals surface area (Å²) in [6.07, 6.45) is 0. The normalized spacial score (nSPS) is 10.1. The smallest absolute Gasteiger partial charge is 0.245 e. The fraction of sp³-hybridized carbons (Fsp3) is 0.167. The Bertz CT molecular complexity index is 592. The quantitative estimate of drug-likeness (QED) is 0.797. The first kappa shape index (κ1) is 12.5. The minimum absolute atomic E-state index is 0.0149. The molecule has 2 aromatic rings. The van der Waals surface area contributed by atoms with Crippen molar-refractivity contribution in [2.75, 3.05) is 13.9 Å². The summed E-state index contributed by atoms with van der Waals surface area (Å²) in [6, 6.07) is 8.02. The molecular weight excluding hydrogens is 255 g/mol. The van der Waals surface area contributed by atoms with Crippen LogP contribution in [-0.4, -0.2) is 18.9 Å². The number of rotatable bonds is 4. The van der Waals surface area contributed by atoms with Gasteiger partial charge in [0.15, 0.2) is 11.7 Å². The minimum Gasteiger partial charge on any atom is -0.449 e. The van der Waals surface area contributed by atoms with Gasteiger partial charge in [-0.1, -0.05) is 23.5 Å². The number of thiazole rings is 1. The summed E-state index contributed by atoms with van der Waals surface area (Å²) in [4.78, 5) is 4.50. The molecule has 0 bridgehead atoms. The van der Waals surface area contributed by atoms with E-state index in [0.717, 1.165) is 11.3 Å². The number of aromatic nitrogens is 1. The second-order valence-corrected chi connectivity index (χ2v) is 4.33. The lowest BCUT2D eigenvalue weighted by Gasteiger charge is -1.99. The molecule has 0 aliphatic heterocycles. The van der Waals surface area contributed by atoms with Crippen LogP contribution in [0.4, 0.5) is 4.39 Å². The molecule has 0 aliphatic carbocycles. The Morgan fingerprint density at radius 3 is 3.00 bits per heavy atom. The zero-order valence-electron chi connectivity index (χ0n) is 9.51. The number of ether oxygens (including phenoxy) is 2. The summed E-state index contributed by atoms with van der Waals surface area (Å²) >= 11 is 1.15. The van der Waals surface area contributed by atoms with Crippen molar-refractivity contribution < 1.29 is 13.9 Å². The van der Waals surface area contributed by atoms with Crippen molar-refractivity contribution in [1.82, 2.24) is 4.98 Å². The summed E-state index contributed by atoms with van der Waals surface area (Å²) in [7, 11) is 1.48. The molecule has 0 aliphatic rings. The first-order chi connectivity index (χ1) is 8.74. The molecule has 0 saturated carbocycles. The first-order valence-corrected chi connectivity index (χ1v) is 5.85. The highest BCUT2D eigenvalue weighted by molar-refractivity contribution is 7.15. The van der Waals surface area contributed by atoms with E-state index in [-0.39, 0.29) is 18.5 Å². The highest BCUT2D eigenvalue weighted by Gasteiger charge is 2.13. The van der Waals surface area contributed by atoms with Crippen molar-refractivity contribution in [2.24, 2.45) is 0 Å². The van der Waals surface area contributed by atoms with Gasteiger partial charge in [-0.2, -0.15) is 5.26 Å². The van der Waals surface area contributed by atoms with Crippen LogP contribution < -0.4 is 4.74 Å². The fourth-order valence-corrected chi connectivity index (χ4v) is 2.14. The third-order valence-electron chi connectivity index (χ3n) is 2.08. The van der Waals surface area contributed by atoms with Crippen LogP contribution in [0, 0.1) is 17.1 Å². The van der Waals surface area contributed by atoms with Crippen LogP contribution in [0.1, 0.15) is 4.88 Å². The van der Waals surface area contributed by atoms with Gasteiger partial charge in [-0.05, 0) is 12.1 Å². The van der Waals surface area contributed by atoms with Crippen molar-refractivity contribution in [3.8, 4) is 22.5 Å². The molecule has 4 nitrogen and oxygen atoms in total. The monoisotopic (exact) mass is 264 g/mol. The van der Waals surface area contributed by atoms with Gasteiger partial charge in [0.05, 0.1) is 0 Å². The minimum atomic E-state index is -0.347. The molecule has 18 heavy (non-hydrogen) atoms. The Balaban J connectivity index is 2.35. The van der Waals surface area contributed by atoms with Crippen LogP contribution in [0.2, 0.25) is 0 Å². The van der Waals surface area contributed by atoms with Gasteiger partial charge in [-0.25, -0.2) is 9.37 Å². The van der Waals surface area contributed by atoms with Crippen molar-refractivity contribution in [2.45, 2.75) is 0 Å². The zero-order chi connectivity index (χ0) is 13.0. The van der Waals surface area contributed by atoms with Gasteiger partial charge in [0.25, 0.3) is 0 Å². The molecule has 0 atom stereocenters. The number of benzene rings is 1.